The van der Waals surface area contributed by atoms with Gasteiger partial charge >= 0.3 is 0 Å². The van der Waals surface area contributed by atoms with Crippen molar-refractivity contribution in [1.82, 2.24) is 10.2 Å². The van der Waals surface area contributed by atoms with E-state index in [1.54, 1.807) is 0 Å². The number of nitrogens with one attached hydrogen (secondary N) is 1. The van der Waals surface area contributed by atoms with Crippen molar-refractivity contribution in [2.45, 2.75) is 25.4 Å². The SMILES string of the molecule is CNC1CCCN(Cc2cc(Cl)ccc2Br)C1.Cl. The molecule has 2 nitrogen and oxygen atoms in total. The normalized spacial score (nSPS) is 20.5. The summed E-state index contributed by atoms with van der Waals surface area (Å²) in [7, 11) is 2.05. The summed E-state index contributed by atoms with van der Waals surface area (Å²) in [5.74, 6) is 0. The number of hydrogen-bond acceptors (Lipinski definition) is 2. The third kappa shape index (κ3) is 4.39. The van der Waals surface area contributed by atoms with Crippen LogP contribution in [0.4, 0.5) is 0 Å². The van der Waals surface area contributed by atoms with Gasteiger partial charge in [0.15, 0.2) is 0 Å². The van der Waals surface area contributed by atoms with Gasteiger partial charge in [0.05, 0.1) is 0 Å². The average Bonchev–Trinajstić information content (AvgIpc) is 2.34. The number of piperidine rings is 1. The molecule has 1 aliphatic heterocycles. The second-order valence-electron chi connectivity index (χ2n) is 4.60. The molecule has 1 fully saturated rings. The standard InChI is InChI=1S/C13H18BrClN2.ClH/c1-16-12-3-2-6-17(9-12)8-10-7-11(15)4-5-13(10)14;/h4-5,7,12,16H,2-3,6,8-9H2,1H3;1H. The van der Waals surface area contributed by atoms with Crippen LogP contribution < -0.4 is 5.32 Å². The molecular formula is C13H19BrCl2N2. The van der Waals surface area contributed by atoms with Crippen molar-refractivity contribution in [3.63, 3.8) is 0 Å². The predicted octanol–water partition coefficient (Wildman–Crippen LogP) is 3.71. The number of halogens is 3. The Kier molecular flexibility index (Phi) is 6.96. The minimum atomic E-state index is 0. The molecule has 1 unspecified atom stereocenters. The topological polar surface area (TPSA) is 15.3 Å². The summed E-state index contributed by atoms with van der Waals surface area (Å²) < 4.78 is 1.15. The molecule has 0 bridgehead atoms. The summed E-state index contributed by atoms with van der Waals surface area (Å²) in [6, 6.07) is 6.62. The van der Waals surface area contributed by atoms with Crippen LogP contribution in [0.1, 0.15) is 18.4 Å². The van der Waals surface area contributed by atoms with E-state index >= 15 is 0 Å². The molecule has 1 saturated heterocycles. The highest BCUT2D eigenvalue weighted by Crippen LogP contribution is 2.23. The number of likely N-dealkylation sites (N-methyl/N-ethyl adjacent to an activating group) is 1. The molecule has 1 aromatic rings. The lowest BCUT2D eigenvalue weighted by molar-refractivity contribution is 0.187. The lowest BCUT2D eigenvalue weighted by atomic mass is 10.1. The van der Waals surface area contributed by atoms with Gasteiger partial charge in [-0.15, -0.1) is 12.4 Å². The Morgan fingerprint density at radius 3 is 3.00 bits per heavy atom. The predicted molar refractivity (Wildman–Crippen MR) is 83.8 cm³/mol. The molecule has 0 saturated carbocycles. The number of nitrogens with zero attached hydrogens (tertiary/aromatic N) is 1. The van der Waals surface area contributed by atoms with Crippen LogP contribution in [0.5, 0.6) is 0 Å². The highest BCUT2D eigenvalue weighted by Gasteiger charge is 2.18. The zero-order chi connectivity index (χ0) is 12.3. The largest absolute Gasteiger partial charge is 0.316 e. The zero-order valence-electron chi connectivity index (χ0n) is 10.5. The Labute approximate surface area is 129 Å². The highest BCUT2D eigenvalue weighted by molar-refractivity contribution is 9.10. The summed E-state index contributed by atoms with van der Waals surface area (Å²) in [6.07, 6.45) is 2.55. The Balaban J connectivity index is 0.00000162. The van der Waals surface area contributed by atoms with Crippen LogP contribution in [0, 0.1) is 0 Å². The van der Waals surface area contributed by atoms with E-state index in [1.807, 2.05) is 19.2 Å². The number of rotatable bonds is 3. The molecule has 5 heteroatoms. The Hall–Kier alpha value is 0.200. The average molecular weight is 354 g/mol. The minimum Gasteiger partial charge on any atom is -0.316 e. The summed E-state index contributed by atoms with van der Waals surface area (Å²) in [4.78, 5) is 2.49. The smallest absolute Gasteiger partial charge is 0.0410 e. The van der Waals surface area contributed by atoms with Gasteiger partial charge in [-0.1, -0.05) is 27.5 Å². The molecular weight excluding hydrogens is 335 g/mol. The zero-order valence-corrected chi connectivity index (χ0v) is 13.6. The third-order valence-corrected chi connectivity index (χ3v) is 4.32. The Morgan fingerprint density at radius 1 is 1.50 bits per heavy atom. The van der Waals surface area contributed by atoms with Gasteiger partial charge in [-0.05, 0) is 50.2 Å². The van der Waals surface area contributed by atoms with Crippen molar-refractivity contribution < 1.29 is 0 Å². The molecule has 2 rings (SSSR count). The van der Waals surface area contributed by atoms with E-state index in [-0.39, 0.29) is 12.4 Å². The molecule has 0 amide bonds. The minimum absolute atomic E-state index is 0. The lowest BCUT2D eigenvalue weighted by Crippen LogP contribution is -2.43. The fourth-order valence-corrected chi connectivity index (χ4v) is 2.91. The van der Waals surface area contributed by atoms with Gasteiger partial charge in [0.1, 0.15) is 0 Å². The molecule has 18 heavy (non-hydrogen) atoms. The van der Waals surface area contributed by atoms with Crippen LogP contribution >= 0.6 is 39.9 Å². The Bertz CT molecular complexity index is 387. The number of likely N-dealkylation sites (tertiary alicyclic amines) is 1. The molecule has 0 spiro atoms. The van der Waals surface area contributed by atoms with Gasteiger partial charge in [0, 0.05) is 28.6 Å². The summed E-state index contributed by atoms with van der Waals surface area (Å²) >= 11 is 9.63. The van der Waals surface area contributed by atoms with E-state index in [0.29, 0.717) is 6.04 Å². The van der Waals surface area contributed by atoms with Gasteiger partial charge in [0.25, 0.3) is 0 Å². The first-order valence-corrected chi connectivity index (χ1v) is 7.19. The van der Waals surface area contributed by atoms with Crippen molar-refractivity contribution in [3.05, 3.63) is 33.3 Å². The molecule has 1 N–H and O–H groups in total. The maximum atomic E-state index is 6.04. The quantitative estimate of drug-likeness (QED) is 0.891. The first-order chi connectivity index (χ1) is 8.19. The van der Waals surface area contributed by atoms with Crippen molar-refractivity contribution in [1.29, 1.82) is 0 Å². The van der Waals surface area contributed by atoms with E-state index in [9.17, 15) is 0 Å². The summed E-state index contributed by atoms with van der Waals surface area (Å²) in [5, 5.41) is 4.18. The molecule has 0 aliphatic carbocycles. The van der Waals surface area contributed by atoms with Crippen LogP contribution in [0.2, 0.25) is 5.02 Å². The van der Waals surface area contributed by atoms with Crippen LogP contribution in [0.3, 0.4) is 0 Å². The van der Waals surface area contributed by atoms with Gasteiger partial charge in [0.2, 0.25) is 0 Å². The Morgan fingerprint density at radius 2 is 2.28 bits per heavy atom. The van der Waals surface area contributed by atoms with Gasteiger partial charge in [-0.25, -0.2) is 0 Å². The number of benzene rings is 1. The molecule has 0 radical (unpaired) electrons. The molecule has 1 aliphatic rings. The molecule has 1 atom stereocenters. The van der Waals surface area contributed by atoms with Crippen LogP contribution in [-0.4, -0.2) is 31.1 Å². The van der Waals surface area contributed by atoms with Crippen LogP contribution in [0.15, 0.2) is 22.7 Å². The van der Waals surface area contributed by atoms with Gasteiger partial charge in [-0.2, -0.15) is 0 Å². The van der Waals surface area contributed by atoms with E-state index in [4.69, 9.17) is 11.6 Å². The van der Waals surface area contributed by atoms with E-state index in [0.717, 1.165) is 22.6 Å². The van der Waals surface area contributed by atoms with Gasteiger partial charge in [-0.3, -0.25) is 4.90 Å². The molecule has 0 aromatic heterocycles. The third-order valence-electron chi connectivity index (χ3n) is 3.32. The fraction of sp³-hybridized carbons (Fsp3) is 0.538. The number of hydrogen-bond donors (Lipinski definition) is 1. The monoisotopic (exact) mass is 352 g/mol. The van der Waals surface area contributed by atoms with E-state index < -0.39 is 0 Å². The fourth-order valence-electron chi connectivity index (χ4n) is 2.34. The lowest BCUT2D eigenvalue weighted by Gasteiger charge is -2.32. The van der Waals surface area contributed by atoms with Crippen LogP contribution in [-0.2, 0) is 6.54 Å². The summed E-state index contributed by atoms with van der Waals surface area (Å²) in [5.41, 5.74) is 1.27. The molecule has 1 heterocycles. The van der Waals surface area contributed by atoms with Crippen molar-refractivity contribution >= 4 is 39.9 Å². The van der Waals surface area contributed by atoms with Crippen LogP contribution in [0.25, 0.3) is 0 Å². The van der Waals surface area contributed by atoms with Crippen molar-refractivity contribution in [2.24, 2.45) is 0 Å². The first-order valence-electron chi connectivity index (χ1n) is 6.02. The van der Waals surface area contributed by atoms with E-state index in [1.165, 1.54) is 24.9 Å². The second-order valence-corrected chi connectivity index (χ2v) is 5.89. The maximum Gasteiger partial charge on any atom is 0.0410 e. The second kappa shape index (κ2) is 7.71. The maximum absolute atomic E-state index is 6.04. The van der Waals surface area contributed by atoms with Gasteiger partial charge < -0.3 is 5.32 Å². The van der Waals surface area contributed by atoms with Crippen molar-refractivity contribution in [3.8, 4) is 0 Å². The summed E-state index contributed by atoms with van der Waals surface area (Å²) in [6.45, 7) is 3.27. The first kappa shape index (κ1) is 16.3. The molecule has 1 aromatic carbocycles. The molecule has 102 valence electrons. The highest BCUT2D eigenvalue weighted by atomic mass is 79.9. The van der Waals surface area contributed by atoms with E-state index in [2.05, 4.69) is 32.2 Å². The van der Waals surface area contributed by atoms with Crippen molar-refractivity contribution in [2.75, 3.05) is 20.1 Å².